The molecule has 0 saturated heterocycles. The number of hydrogen-bond acceptors (Lipinski definition) is 3. The van der Waals surface area contributed by atoms with Gasteiger partial charge in [-0.3, -0.25) is 0 Å². The minimum Gasteiger partial charge on any atom is -0.395 e. The first-order chi connectivity index (χ1) is 7.57. The second kappa shape index (κ2) is 5.95. The van der Waals surface area contributed by atoms with Crippen LogP contribution in [-0.2, 0) is 10.2 Å². The zero-order valence-electron chi connectivity index (χ0n) is 10.1. The van der Waals surface area contributed by atoms with Crippen molar-refractivity contribution in [2.24, 2.45) is 0 Å². The van der Waals surface area contributed by atoms with Crippen LogP contribution in [0.5, 0.6) is 0 Å². The Morgan fingerprint density at radius 2 is 1.81 bits per heavy atom. The predicted molar refractivity (Wildman–Crippen MR) is 63.3 cm³/mol. The molecule has 1 fully saturated rings. The molecule has 16 heavy (non-hydrogen) atoms. The third-order valence-corrected chi connectivity index (χ3v) is 5.37. The van der Waals surface area contributed by atoms with Crippen LogP contribution in [0.2, 0.25) is 0 Å². The molecule has 0 aromatic carbocycles. The Bertz CT molecular complexity index is 297. The molecule has 0 aromatic heterocycles. The van der Waals surface area contributed by atoms with Gasteiger partial charge in [-0.15, -0.1) is 0 Å². The van der Waals surface area contributed by atoms with Crippen LogP contribution in [0.1, 0.15) is 33.1 Å². The molecule has 1 aliphatic rings. The topological polar surface area (TPSA) is 60.9 Å². The van der Waals surface area contributed by atoms with Gasteiger partial charge in [0.15, 0.2) is 0 Å². The standard InChI is InChI=1S/C10H22N2O3S/c1-3-11(4-2)16(14,15)12(8-9-13)10-6-5-7-10/h10,13H,3-9H2,1-2H3. The molecule has 0 aromatic rings. The molecule has 0 atom stereocenters. The Balaban J connectivity index is 2.82. The van der Waals surface area contributed by atoms with Crippen molar-refractivity contribution < 1.29 is 13.5 Å². The number of rotatable bonds is 7. The zero-order valence-corrected chi connectivity index (χ0v) is 10.9. The van der Waals surface area contributed by atoms with Gasteiger partial charge in [0.1, 0.15) is 0 Å². The van der Waals surface area contributed by atoms with Crippen LogP contribution in [0, 0.1) is 0 Å². The van der Waals surface area contributed by atoms with Crippen molar-refractivity contribution in [2.75, 3.05) is 26.2 Å². The molecule has 1 saturated carbocycles. The second-order valence-corrected chi connectivity index (χ2v) is 5.89. The summed E-state index contributed by atoms with van der Waals surface area (Å²) in [5, 5.41) is 8.97. The molecule has 1 N–H and O–H groups in total. The molecule has 96 valence electrons. The van der Waals surface area contributed by atoms with E-state index in [1.807, 2.05) is 13.8 Å². The molecular weight excluding hydrogens is 228 g/mol. The molecule has 6 heteroatoms. The molecular formula is C10H22N2O3S. The van der Waals surface area contributed by atoms with Crippen LogP contribution in [0.3, 0.4) is 0 Å². The summed E-state index contributed by atoms with van der Waals surface area (Å²) >= 11 is 0. The van der Waals surface area contributed by atoms with Crippen LogP contribution in [-0.4, -0.2) is 54.4 Å². The van der Waals surface area contributed by atoms with Crippen LogP contribution in [0.25, 0.3) is 0 Å². The van der Waals surface area contributed by atoms with Gasteiger partial charge in [0.05, 0.1) is 6.61 Å². The third-order valence-electron chi connectivity index (χ3n) is 3.13. The smallest absolute Gasteiger partial charge is 0.282 e. The molecule has 5 nitrogen and oxygen atoms in total. The van der Waals surface area contributed by atoms with E-state index in [4.69, 9.17) is 5.11 Å². The highest BCUT2D eigenvalue weighted by Crippen LogP contribution is 2.27. The van der Waals surface area contributed by atoms with E-state index < -0.39 is 10.2 Å². The average molecular weight is 250 g/mol. The van der Waals surface area contributed by atoms with Gasteiger partial charge in [0.2, 0.25) is 0 Å². The minimum absolute atomic E-state index is 0.0951. The van der Waals surface area contributed by atoms with Gasteiger partial charge >= 0.3 is 0 Å². The summed E-state index contributed by atoms with van der Waals surface area (Å²) < 4.78 is 27.4. The summed E-state index contributed by atoms with van der Waals surface area (Å²) in [7, 11) is -3.38. The molecule has 0 unspecified atom stereocenters. The van der Waals surface area contributed by atoms with Crippen molar-refractivity contribution in [2.45, 2.75) is 39.2 Å². The lowest BCUT2D eigenvalue weighted by Gasteiger charge is -2.38. The molecule has 1 rings (SSSR count). The number of nitrogens with zero attached hydrogens (tertiary/aromatic N) is 2. The summed E-state index contributed by atoms with van der Waals surface area (Å²) in [6.07, 6.45) is 2.92. The van der Waals surface area contributed by atoms with E-state index >= 15 is 0 Å². The van der Waals surface area contributed by atoms with Crippen LogP contribution >= 0.6 is 0 Å². The lowest BCUT2D eigenvalue weighted by Crippen LogP contribution is -2.51. The largest absolute Gasteiger partial charge is 0.395 e. The summed E-state index contributed by atoms with van der Waals surface area (Å²) in [6, 6.07) is 0.0951. The molecule has 0 bridgehead atoms. The molecule has 0 spiro atoms. The van der Waals surface area contributed by atoms with E-state index in [0.717, 1.165) is 19.3 Å². The van der Waals surface area contributed by atoms with E-state index in [1.165, 1.54) is 8.61 Å². The SMILES string of the molecule is CCN(CC)S(=O)(=O)N(CCO)C1CCC1. The highest BCUT2D eigenvalue weighted by molar-refractivity contribution is 7.86. The van der Waals surface area contributed by atoms with Gasteiger partial charge in [-0.1, -0.05) is 20.3 Å². The van der Waals surface area contributed by atoms with Crippen molar-refractivity contribution in [3.63, 3.8) is 0 Å². The van der Waals surface area contributed by atoms with Gasteiger partial charge < -0.3 is 5.11 Å². The summed E-state index contributed by atoms with van der Waals surface area (Å²) in [5.74, 6) is 0. The number of hydrogen-bond donors (Lipinski definition) is 1. The highest BCUT2D eigenvalue weighted by Gasteiger charge is 2.35. The number of aliphatic hydroxyl groups is 1. The normalized spacial score (nSPS) is 18.1. The Kier molecular flexibility index (Phi) is 5.17. The number of aliphatic hydroxyl groups excluding tert-OH is 1. The van der Waals surface area contributed by atoms with E-state index in [2.05, 4.69) is 0 Å². The second-order valence-electron chi connectivity index (χ2n) is 4.01. The minimum atomic E-state index is -3.38. The Hall–Kier alpha value is -0.170. The van der Waals surface area contributed by atoms with Crippen LogP contribution < -0.4 is 0 Å². The fraction of sp³-hybridized carbons (Fsp3) is 1.00. The lowest BCUT2D eigenvalue weighted by molar-refractivity contribution is 0.169. The Morgan fingerprint density at radius 1 is 1.25 bits per heavy atom. The van der Waals surface area contributed by atoms with E-state index in [1.54, 1.807) is 0 Å². The monoisotopic (exact) mass is 250 g/mol. The summed E-state index contributed by atoms with van der Waals surface area (Å²) in [5.41, 5.74) is 0. The fourth-order valence-electron chi connectivity index (χ4n) is 1.96. The Morgan fingerprint density at radius 3 is 2.12 bits per heavy atom. The zero-order chi connectivity index (χ0) is 12.2. The van der Waals surface area contributed by atoms with Crippen molar-refractivity contribution in [1.29, 1.82) is 0 Å². The summed E-state index contributed by atoms with van der Waals surface area (Å²) in [4.78, 5) is 0. The molecule has 0 heterocycles. The van der Waals surface area contributed by atoms with Gasteiger partial charge in [-0.05, 0) is 12.8 Å². The van der Waals surface area contributed by atoms with Gasteiger partial charge in [-0.2, -0.15) is 17.0 Å². The third kappa shape index (κ3) is 2.74. The maximum atomic E-state index is 12.3. The maximum absolute atomic E-state index is 12.3. The highest BCUT2D eigenvalue weighted by atomic mass is 32.2. The van der Waals surface area contributed by atoms with E-state index in [-0.39, 0.29) is 19.2 Å². The lowest BCUT2D eigenvalue weighted by atomic mass is 9.93. The maximum Gasteiger partial charge on any atom is 0.282 e. The average Bonchev–Trinajstić information content (AvgIpc) is 2.16. The van der Waals surface area contributed by atoms with E-state index in [0.29, 0.717) is 13.1 Å². The van der Waals surface area contributed by atoms with Crippen LogP contribution in [0.4, 0.5) is 0 Å². The van der Waals surface area contributed by atoms with Gasteiger partial charge in [0.25, 0.3) is 10.2 Å². The molecule has 0 amide bonds. The van der Waals surface area contributed by atoms with Crippen molar-refractivity contribution in [3.8, 4) is 0 Å². The van der Waals surface area contributed by atoms with Crippen LogP contribution in [0.15, 0.2) is 0 Å². The van der Waals surface area contributed by atoms with Crippen molar-refractivity contribution in [3.05, 3.63) is 0 Å². The summed E-state index contributed by atoms with van der Waals surface area (Å²) in [6.45, 7) is 4.72. The first-order valence-corrected chi connectivity index (χ1v) is 7.35. The van der Waals surface area contributed by atoms with Crippen molar-refractivity contribution >= 4 is 10.2 Å². The van der Waals surface area contributed by atoms with Gasteiger partial charge in [0, 0.05) is 25.7 Å². The van der Waals surface area contributed by atoms with Gasteiger partial charge in [-0.25, -0.2) is 0 Å². The fourth-order valence-corrected chi connectivity index (χ4v) is 3.81. The predicted octanol–water partition coefficient (Wildman–Crippen LogP) is 0.420. The van der Waals surface area contributed by atoms with E-state index in [9.17, 15) is 8.42 Å². The molecule has 0 aliphatic heterocycles. The first-order valence-electron chi connectivity index (χ1n) is 5.95. The Labute approximate surface area is 98.2 Å². The quantitative estimate of drug-likeness (QED) is 0.712. The first kappa shape index (κ1) is 13.9. The molecule has 0 radical (unpaired) electrons. The molecule has 1 aliphatic carbocycles. The van der Waals surface area contributed by atoms with Crippen molar-refractivity contribution in [1.82, 2.24) is 8.61 Å².